The summed E-state index contributed by atoms with van der Waals surface area (Å²) in [4.78, 5) is 4.93. The summed E-state index contributed by atoms with van der Waals surface area (Å²) in [5.74, 6) is 0.655. The molecule has 0 aromatic carbocycles. The Kier molecular flexibility index (Phi) is 6.72. The topological polar surface area (TPSA) is 30.8 Å². The van der Waals surface area contributed by atoms with Gasteiger partial charge in [-0.1, -0.05) is 32.3 Å². The molecule has 0 radical (unpaired) electrons. The van der Waals surface area contributed by atoms with Gasteiger partial charge in [0.05, 0.1) is 5.71 Å². The van der Waals surface area contributed by atoms with Gasteiger partial charge in [0.1, 0.15) is 7.11 Å². The highest BCUT2D eigenvalue weighted by Crippen LogP contribution is 2.36. The summed E-state index contributed by atoms with van der Waals surface area (Å²) in [6.07, 6.45) is 7.33. The molecule has 1 saturated carbocycles. The molecule has 1 aliphatic rings. The van der Waals surface area contributed by atoms with Crippen molar-refractivity contribution in [1.29, 1.82) is 0 Å². The Morgan fingerprint density at radius 1 is 1.25 bits per heavy atom. The van der Waals surface area contributed by atoms with Crippen LogP contribution in [0.1, 0.15) is 59.3 Å². The van der Waals surface area contributed by atoms with Gasteiger partial charge in [-0.25, -0.2) is 0 Å². The molecule has 1 atom stereocenters. The van der Waals surface area contributed by atoms with Crippen LogP contribution in [0.5, 0.6) is 0 Å². The molecule has 118 valence electrons. The van der Waals surface area contributed by atoms with Crippen LogP contribution in [-0.4, -0.2) is 27.7 Å². The molecule has 0 amide bonds. The van der Waals surface area contributed by atoms with Crippen molar-refractivity contribution in [3.63, 3.8) is 0 Å². The Morgan fingerprint density at radius 2 is 1.95 bits per heavy atom. The zero-order chi connectivity index (χ0) is 15.2. The third kappa shape index (κ3) is 5.21. The predicted molar refractivity (Wildman–Crippen MR) is 88.8 cm³/mol. The molecule has 3 nitrogen and oxygen atoms in total. The second-order valence-corrected chi connectivity index (χ2v) is 12.3. The van der Waals surface area contributed by atoms with E-state index in [0.717, 1.165) is 13.0 Å². The molecule has 1 aliphatic carbocycles. The van der Waals surface area contributed by atoms with E-state index in [1.165, 1.54) is 37.8 Å². The van der Waals surface area contributed by atoms with Crippen molar-refractivity contribution in [3.8, 4) is 0 Å². The molecule has 0 spiro atoms. The van der Waals surface area contributed by atoms with Crippen LogP contribution in [0.2, 0.25) is 18.1 Å². The van der Waals surface area contributed by atoms with Gasteiger partial charge in [0, 0.05) is 12.5 Å². The fraction of sp³-hybridized carbons (Fsp3) is 0.938. The van der Waals surface area contributed by atoms with Gasteiger partial charge in [0.25, 0.3) is 0 Å². The van der Waals surface area contributed by atoms with Crippen molar-refractivity contribution in [1.82, 2.24) is 0 Å². The summed E-state index contributed by atoms with van der Waals surface area (Å²) >= 11 is 0. The van der Waals surface area contributed by atoms with Crippen molar-refractivity contribution in [3.05, 3.63) is 0 Å². The molecule has 0 N–H and O–H groups in total. The maximum atomic E-state index is 6.22. The van der Waals surface area contributed by atoms with Crippen molar-refractivity contribution < 1.29 is 9.26 Å². The van der Waals surface area contributed by atoms with Gasteiger partial charge in [0.15, 0.2) is 8.32 Å². The Balaban J connectivity index is 2.21. The van der Waals surface area contributed by atoms with E-state index in [-0.39, 0.29) is 0 Å². The lowest BCUT2D eigenvalue weighted by Gasteiger charge is -2.36. The minimum absolute atomic E-state index is 0.316. The van der Waals surface area contributed by atoms with Gasteiger partial charge >= 0.3 is 0 Å². The average molecular weight is 300 g/mol. The predicted octanol–water partition coefficient (Wildman–Crippen LogP) is 4.98. The second kappa shape index (κ2) is 7.60. The Labute approximate surface area is 126 Å². The maximum absolute atomic E-state index is 6.22. The molecule has 0 heterocycles. The van der Waals surface area contributed by atoms with Gasteiger partial charge in [-0.05, 0) is 50.2 Å². The fourth-order valence-electron chi connectivity index (χ4n) is 2.49. The van der Waals surface area contributed by atoms with Crippen LogP contribution in [0.25, 0.3) is 0 Å². The zero-order valence-corrected chi connectivity index (χ0v) is 15.3. The van der Waals surface area contributed by atoms with Crippen molar-refractivity contribution in [2.24, 2.45) is 11.1 Å². The zero-order valence-electron chi connectivity index (χ0n) is 14.3. The van der Waals surface area contributed by atoms with Crippen LogP contribution in [0.15, 0.2) is 5.16 Å². The minimum atomic E-state index is -1.56. The number of nitrogens with zero attached hydrogens (tertiary/aromatic N) is 1. The molecule has 0 saturated heterocycles. The van der Waals surface area contributed by atoms with Gasteiger partial charge in [-0.3, -0.25) is 0 Å². The molecule has 0 aromatic heterocycles. The summed E-state index contributed by atoms with van der Waals surface area (Å²) in [7, 11) is 0.0920. The molecule has 1 fully saturated rings. The first-order chi connectivity index (χ1) is 9.28. The SMILES string of the molecule is CO/N=C1\CCCC1CCCCO[Si](C)(C)C(C)(C)C. The number of oxime groups is 1. The Bertz CT molecular complexity index is 321. The monoisotopic (exact) mass is 299 g/mol. The molecule has 0 bridgehead atoms. The summed E-state index contributed by atoms with van der Waals surface area (Å²) < 4.78 is 6.22. The molecule has 0 aromatic rings. The molecule has 1 unspecified atom stereocenters. The first kappa shape index (κ1) is 17.7. The normalized spacial score (nSPS) is 22.5. The van der Waals surface area contributed by atoms with Gasteiger partial charge < -0.3 is 9.26 Å². The number of hydrogen-bond donors (Lipinski definition) is 0. The molecule has 1 rings (SSSR count). The Hall–Kier alpha value is -0.353. The summed E-state index contributed by atoms with van der Waals surface area (Å²) in [5, 5.41) is 4.48. The van der Waals surface area contributed by atoms with Crippen LogP contribution in [-0.2, 0) is 9.26 Å². The summed E-state index contributed by atoms with van der Waals surface area (Å²) in [5.41, 5.74) is 1.28. The van der Waals surface area contributed by atoms with E-state index in [0.29, 0.717) is 11.0 Å². The third-order valence-corrected chi connectivity index (χ3v) is 9.42. The van der Waals surface area contributed by atoms with E-state index in [1.54, 1.807) is 7.11 Å². The number of hydrogen-bond acceptors (Lipinski definition) is 3. The maximum Gasteiger partial charge on any atom is 0.191 e. The van der Waals surface area contributed by atoms with Crippen LogP contribution in [0, 0.1) is 5.92 Å². The lowest BCUT2D eigenvalue weighted by atomic mass is 9.99. The van der Waals surface area contributed by atoms with Gasteiger partial charge in [-0.2, -0.15) is 0 Å². The van der Waals surface area contributed by atoms with E-state index >= 15 is 0 Å². The quantitative estimate of drug-likeness (QED) is 0.377. The highest BCUT2D eigenvalue weighted by atomic mass is 28.4. The molecular weight excluding hydrogens is 266 g/mol. The van der Waals surface area contributed by atoms with Crippen LogP contribution >= 0.6 is 0 Å². The van der Waals surface area contributed by atoms with E-state index in [1.807, 2.05) is 0 Å². The molecule has 4 heteroatoms. The highest BCUT2D eigenvalue weighted by Gasteiger charge is 2.36. The minimum Gasteiger partial charge on any atom is -0.417 e. The van der Waals surface area contributed by atoms with Crippen molar-refractivity contribution in [2.75, 3.05) is 13.7 Å². The molecule has 0 aliphatic heterocycles. The van der Waals surface area contributed by atoms with Crippen LogP contribution < -0.4 is 0 Å². The van der Waals surface area contributed by atoms with Gasteiger partial charge in [-0.15, -0.1) is 0 Å². The molecular formula is C16H33NO2Si. The standard InChI is InChI=1S/C16H33NO2Si/c1-16(2,3)20(5,6)19-13-8-7-10-14-11-9-12-15(14)17-18-4/h14H,7-13H2,1-6H3/b17-15+. The first-order valence-electron chi connectivity index (χ1n) is 8.02. The smallest absolute Gasteiger partial charge is 0.191 e. The number of rotatable bonds is 7. The fourth-order valence-corrected chi connectivity index (χ4v) is 3.57. The lowest BCUT2D eigenvalue weighted by molar-refractivity contribution is 0.210. The third-order valence-electron chi connectivity index (χ3n) is 4.88. The largest absolute Gasteiger partial charge is 0.417 e. The Morgan fingerprint density at radius 3 is 2.55 bits per heavy atom. The van der Waals surface area contributed by atoms with Crippen LogP contribution in [0.4, 0.5) is 0 Å². The molecule has 20 heavy (non-hydrogen) atoms. The van der Waals surface area contributed by atoms with Crippen molar-refractivity contribution in [2.45, 2.75) is 77.4 Å². The average Bonchev–Trinajstić information content (AvgIpc) is 2.75. The van der Waals surface area contributed by atoms with E-state index in [2.05, 4.69) is 39.0 Å². The summed E-state index contributed by atoms with van der Waals surface area (Å²) in [6, 6.07) is 0. The second-order valence-electron chi connectivity index (χ2n) is 7.46. The van der Waals surface area contributed by atoms with Crippen LogP contribution in [0.3, 0.4) is 0 Å². The highest BCUT2D eigenvalue weighted by molar-refractivity contribution is 6.74. The first-order valence-corrected chi connectivity index (χ1v) is 10.9. The van der Waals surface area contributed by atoms with Crippen molar-refractivity contribution >= 4 is 14.0 Å². The van der Waals surface area contributed by atoms with E-state index < -0.39 is 8.32 Å². The van der Waals surface area contributed by atoms with Gasteiger partial charge in [0.2, 0.25) is 0 Å². The van der Waals surface area contributed by atoms with E-state index in [9.17, 15) is 0 Å². The van der Waals surface area contributed by atoms with E-state index in [4.69, 9.17) is 9.26 Å². The lowest BCUT2D eigenvalue weighted by Crippen LogP contribution is -2.40. The summed E-state index contributed by atoms with van der Waals surface area (Å²) in [6.45, 7) is 12.5. The number of unbranched alkanes of at least 4 members (excludes halogenated alkanes) is 1.